The molecular formula is C10H30. The van der Waals surface area contributed by atoms with Crippen molar-refractivity contribution < 1.29 is 0 Å². The van der Waals surface area contributed by atoms with Gasteiger partial charge in [0.15, 0.2) is 0 Å². The van der Waals surface area contributed by atoms with Crippen LogP contribution < -0.4 is 0 Å². The van der Waals surface area contributed by atoms with Crippen molar-refractivity contribution in [2.75, 3.05) is 0 Å². The summed E-state index contributed by atoms with van der Waals surface area (Å²) in [7, 11) is 0. The van der Waals surface area contributed by atoms with Crippen LogP contribution in [-0.2, 0) is 0 Å². The van der Waals surface area contributed by atoms with Crippen molar-refractivity contribution >= 4 is 0 Å². The molecule has 0 aromatic carbocycles. The highest BCUT2D eigenvalue weighted by Crippen LogP contribution is 1.56. The number of rotatable bonds is 0. The molecule has 0 aromatic heterocycles. The van der Waals surface area contributed by atoms with E-state index in [1.807, 2.05) is 13.8 Å². The number of hydrogen-bond donors (Lipinski definition) is 0. The molecule has 10 heavy (non-hydrogen) atoms. The van der Waals surface area contributed by atoms with Crippen LogP contribution >= 0.6 is 0 Å². The molecule has 0 heteroatoms. The standard InChI is InChI=1S/2C3H8.C2H6.2CH4/c2*1-3-2;1-2;;/h2*3H2,1-2H3;1-2H3;2*1H4. The first-order chi connectivity index (χ1) is 3.83. The molecule has 0 aliphatic rings. The second kappa shape index (κ2) is 144. The molecule has 0 nitrogen and oxygen atoms in total. The Morgan fingerprint density at radius 1 is 0.600 bits per heavy atom. The zero-order chi connectivity index (χ0) is 7.41. The summed E-state index contributed by atoms with van der Waals surface area (Å²) in [6, 6.07) is 0. The average Bonchev–Trinajstić information content (AvgIpc) is 1.75. The van der Waals surface area contributed by atoms with E-state index >= 15 is 0 Å². The summed E-state index contributed by atoms with van der Waals surface area (Å²) < 4.78 is 0. The van der Waals surface area contributed by atoms with Crippen LogP contribution in [0.4, 0.5) is 0 Å². The molecule has 0 radical (unpaired) electrons. The molecule has 0 bridgehead atoms. The first kappa shape index (κ1) is 32.4. The summed E-state index contributed by atoms with van der Waals surface area (Å²) in [6.07, 6.45) is 2.50. The van der Waals surface area contributed by atoms with Gasteiger partial charge in [0, 0.05) is 0 Å². The van der Waals surface area contributed by atoms with Gasteiger partial charge in [-0.1, -0.05) is 69.2 Å². The lowest BCUT2D eigenvalue weighted by molar-refractivity contribution is 1.09. The first-order valence-electron chi connectivity index (χ1n) is 3.83. The molecule has 70 valence electrons. The van der Waals surface area contributed by atoms with Crippen LogP contribution in [0.1, 0.15) is 69.2 Å². The molecule has 0 aliphatic heterocycles. The van der Waals surface area contributed by atoms with Gasteiger partial charge in [0.05, 0.1) is 0 Å². The topological polar surface area (TPSA) is 0 Å². The molecule has 0 saturated heterocycles. The molecule has 0 rings (SSSR count). The zero-order valence-electron chi connectivity index (χ0n) is 7.41. The fourth-order valence-electron chi connectivity index (χ4n) is 0. The average molecular weight is 150 g/mol. The predicted octanol–water partition coefficient (Wildman–Crippen LogP) is 5.13. The van der Waals surface area contributed by atoms with Crippen molar-refractivity contribution in [3.8, 4) is 0 Å². The van der Waals surface area contributed by atoms with Crippen LogP contribution in [0.5, 0.6) is 0 Å². The summed E-state index contributed by atoms with van der Waals surface area (Å²) in [5, 5.41) is 0. The third-order valence-electron chi connectivity index (χ3n) is 0. The van der Waals surface area contributed by atoms with E-state index in [0.717, 1.165) is 0 Å². The van der Waals surface area contributed by atoms with Crippen LogP contribution in [0.3, 0.4) is 0 Å². The zero-order valence-corrected chi connectivity index (χ0v) is 7.41. The van der Waals surface area contributed by atoms with Gasteiger partial charge in [-0.15, -0.1) is 0 Å². The maximum atomic E-state index is 2.12. The van der Waals surface area contributed by atoms with Gasteiger partial charge in [0.2, 0.25) is 0 Å². The highest BCUT2D eigenvalue weighted by Gasteiger charge is 1.36. The minimum atomic E-state index is 0. The van der Waals surface area contributed by atoms with Gasteiger partial charge in [0.1, 0.15) is 0 Å². The quantitative estimate of drug-likeness (QED) is 0.449. The summed E-state index contributed by atoms with van der Waals surface area (Å²) in [6.45, 7) is 12.5. The van der Waals surface area contributed by atoms with Crippen LogP contribution in [0.2, 0.25) is 0 Å². The van der Waals surface area contributed by atoms with Crippen LogP contribution in [0, 0.1) is 0 Å². The van der Waals surface area contributed by atoms with Crippen LogP contribution in [0.15, 0.2) is 0 Å². The van der Waals surface area contributed by atoms with Gasteiger partial charge >= 0.3 is 0 Å². The first-order valence-corrected chi connectivity index (χ1v) is 3.83. The Morgan fingerprint density at radius 3 is 0.600 bits per heavy atom. The molecule has 0 aromatic rings. The van der Waals surface area contributed by atoms with E-state index < -0.39 is 0 Å². The Hall–Kier alpha value is 0. The molecule has 0 saturated carbocycles. The van der Waals surface area contributed by atoms with Gasteiger partial charge in [0.25, 0.3) is 0 Å². The molecule has 0 spiro atoms. The summed E-state index contributed by atoms with van der Waals surface area (Å²) in [5.41, 5.74) is 0. The third-order valence-corrected chi connectivity index (χ3v) is 0. The Bertz CT molecular complexity index is 2.00. The van der Waals surface area contributed by atoms with Crippen molar-refractivity contribution in [2.45, 2.75) is 69.2 Å². The maximum absolute atomic E-state index is 2.12. The van der Waals surface area contributed by atoms with E-state index in [9.17, 15) is 0 Å². The molecule has 0 atom stereocenters. The van der Waals surface area contributed by atoms with E-state index in [1.54, 1.807) is 0 Å². The van der Waals surface area contributed by atoms with Gasteiger partial charge in [-0.2, -0.15) is 0 Å². The van der Waals surface area contributed by atoms with E-state index in [1.165, 1.54) is 12.8 Å². The van der Waals surface area contributed by atoms with Gasteiger partial charge in [-0.05, 0) is 0 Å². The fourth-order valence-corrected chi connectivity index (χ4v) is 0. The molecule has 0 heterocycles. The van der Waals surface area contributed by atoms with Crippen molar-refractivity contribution in [2.24, 2.45) is 0 Å². The van der Waals surface area contributed by atoms with Crippen LogP contribution in [0.25, 0.3) is 0 Å². The Balaban J connectivity index is -0.0000000116. The summed E-state index contributed by atoms with van der Waals surface area (Å²) >= 11 is 0. The lowest BCUT2D eigenvalue weighted by atomic mass is 10.6. The van der Waals surface area contributed by atoms with Crippen molar-refractivity contribution in [3.05, 3.63) is 0 Å². The minimum absolute atomic E-state index is 0. The van der Waals surface area contributed by atoms with E-state index in [0.29, 0.717) is 0 Å². The molecule has 0 aliphatic carbocycles. The summed E-state index contributed by atoms with van der Waals surface area (Å²) in [4.78, 5) is 0. The third kappa shape index (κ3) is 0. The molecule has 0 N–H and O–H groups in total. The minimum Gasteiger partial charge on any atom is -0.0776 e. The predicted molar refractivity (Wildman–Crippen MR) is 56.7 cm³/mol. The SMILES string of the molecule is C.C.CC.CCC.CCC. The van der Waals surface area contributed by atoms with Gasteiger partial charge in [-0.25, -0.2) is 0 Å². The van der Waals surface area contributed by atoms with Crippen molar-refractivity contribution in [3.63, 3.8) is 0 Å². The van der Waals surface area contributed by atoms with Gasteiger partial charge < -0.3 is 0 Å². The highest BCUT2D eigenvalue weighted by molar-refractivity contribution is 3.92. The number of hydrogen-bond acceptors (Lipinski definition) is 0. The Kier molecular flexibility index (Phi) is 467. The van der Waals surface area contributed by atoms with E-state index in [-0.39, 0.29) is 14.9 Å². The monoisotopic (exact) mass is 150 g/mol. The maximum Gasteiger partial charge on any atom is -0.0590 e. The molecule has 0 fully saturated rings. The lowest BCUT2D eigenvalue weighted by Crippen LogP contribution is -1.27. The van der Waals surface area contributed by atoms with E-state index in [4.69, 9.17) is 0 Å². The molecule has 0 amide bonds. The van der Waals surface area contributed by atoms with Crippen molar-refractivity contribution in [1.82, 2.24) is 0 Å². The Labute approximate surface area is 70.0 Å². The molecule has 0 unspecified atom stereocenters. The van der Waals surface area contributed by atoms with Crippen LogP contribution in [-0.4, -0.2) is 0 Å². The smallest absolute Gasteiger partial charge is 0.0590 e. The Morgan fingerprint density at radius 2 is 0.600 bits per heavy atom. The highest BCUT2D eigenvalue weighted by atomic mass is 13.4. The largest absolute Gasteiger partial charge is 0.0776 e. The van der Waals surface area contributed by atoms with Gasteiger partial charge in [-0.3, -0.25) is 0 Å². The molecular weight excluding hydrogens is 120 g/mol. The van der Waals surface area contributed by atoms with E-state index in [2.05, 4.69) is 27.7 Å². The fraction of sp³-hybridized carbons (Fsp3) is 1.00. The normalized spacial score (nSPS) is 4.20. The lowest BCUT2D eigenvalue weighted by Gasteiger charge is -1.48. The van der Waals surface area contributed by atoms with Crippen molar-refractivity contribution in [1.29, 1.82) is 0 Å². The second-order valence-electron chi connectivity index (χ2n) is 1.41. The second-order valence-corrected chi connectivity index (χ2v) is 1.41. The summed E-state index contributed by atoms with van der Waals surface area (Å²) in [5.74, 6) is 0.